The highest BCUT2D eigenvalue weighted by Gasteiger charge is 2.47. The largest absolute Gasteiger partial charge is 0.507 e. The molecule has 3 aromatic rings. The summed E-state index contributed by atoms with van der Waals surface area (Å²) in [6.07, 6.45) is 0. The monoisotopic (exact) mass is 407 g/mol. The van der Waals surface area contributed by atoms with Crippen LogP contribution in [0.15, 0.2) is 65.6 Å². The number of Topliss-reactive ketones (excluding diaryl/α,β-unsaturated/α-hetero) is 1. The lowest BCUT2D eigenvalue weighted by Gasteiger charge is -2.24. The van der Waals surface area contributed by atoms with Crippen LogP contribution in [0.2, 0.25) is 0 Å². The number of carbonyl (C=O) groups excluding carboxylic acids is 2. The Labute approximate surface area is 171 Å². The first-order valence-corrected chi connectivity index (χ1v) is 9.94. The molecule has 1 aliphatic heterocycles. The molecule has 1 atom stereocenters. The van der Waals surface area contributed by atoms with Crippen molar-refractivity contribution in [2.45, 2.75) is 19.9 Å². The van der Waals surface area contributed by atoms with Gasteiger partial charge in [-0.05, 0) is 66.8 Å². The van der Waals surface area contributed by atoms with E-state index < -0.39 is 23.5 Å². The summed E-state index contributed by atoms with van der Waals surface area (Å²) in [5.74, 6) is -2.16. The molecule has 1 N–H and O–H groups in total. The van der Waals surface area contributed by atoms with Gasteiger partial charge in [-0.15, -0.1) is 11.3 Å². The van der Waals surface area contributed by atoms with Gasteiger partial charge in [-0.25, -0.2) is 4.39 Å². The van der Waals surface area contributed by atoms with Crippen molar-refractivity contribution in [3.05, 3.63) is 92.9 Å². The molecule has 146 valence electrons. The van der Waals surface area contributed by atoms with Crippen LogP contribution >= 0.6 is 11.3 Å². The number of nitrogens with zero attached hydrogens (tertiary/aromatic N) is 1. The summed E-state index contributed by atoms with van der Waals surface area (Å²) in [5.41, 5.74) is 2.93. The first kappa shape index (κ1) is 19.1. The smallest absolute Gasteiger partial charge is 0.300 e. The molecular weight excluding hydrogens is 389 g/mol. The standard InChI is InChI=1S/C23H18FNO3S/c1-13-5-6-15(12-14(13)2)21(26)19-20(18-4-3-11-29-18)25(23(28)22(19)27)17-9-7-16(24)8-10-17/h3-12,20,26H,1-2H3/b21-19-. The van der Waals surface area contributed by atoms with Gasteiger partial charge in [-0.3, -0.25) is 14.5 Å². The number of hydrogen-bond acceptors (Lipinski definition) is 4. The van der Waals surface area contributed by atoms with Crippen molar-refractivity contribution < 1.29 is 19.1 Å². The Bertz CT molecular complexity index is 1130. The second-order valence-electron chi connectivity index (χ2n) is 6.96. The molecule has 1 unspecified atom stereocenters. The Kier molecular flexibility index (Phi) is 4.80. The number of aliphatic hydroxyl groups excluding tert-OH is 1. The van der Waals surface area contributed by atoms with Gasteiger partial charge >= 0.3 is 0 Å². The van der Waals surface area contributed by atoms with Crippen molar-refractivity contribution in [2.75, 3.05) is 4.90 Å². The quantitative estimate of drug-likeness (QED) is 0.372. The van der Waals surface area contributed by atoms with Crippen LogP contribution in [0.3, 0.4) is 0 Å². The number of aliphatic hydroxyl groups is 1. The molecule has 29 heavy (non-hydrogen) atoms. The zero-order valence-electron chi connectivity index (χ0n) is 15.8. The average Bonchev–Trinajstić information content (AvgIpc) is 3.32. The van der Waals surface area contributed by atoms with Crippen LogP contribution in [0.5, 0.6) is 0 Å². The summed E-state index contributed by atoms with van der Waals surface area (Å²) < 4.78 is 13.4. The van der Waals surface area contributed by atoms with Crippen molar-refractivity contribution in [3.8, 4) is 0 Å². The van der Waals surface area contributed by atoms with E-state index in [4.69, 9.17) is 0 Å². The molecule has 1 saturated heterocycles. The molecule has 0 bridgehead atoms. The lowest BCUT2D eigenvalue weighted by Crippen LogP contribution is -2.29. The summed E-state index contributed by atoms with van der Waals surface area (Å²) >= 11 is 1.38. The topological polar surface area (TPSA) is 57.6 Å². The summed E-state index contributed by atoms with van der Waals surface area (Å²) in [4.78, 5) is 27.9. The van der Waals surface area contributed by atoms with Crippen LogP contribution in [-0.2, 0) is 9.59 Å². The van der Waals surface area contributed by atoms with Gasteiger partial charge in [-0.2, -0.15) is 0 Å². The summed E-state index contributed by atoms with van der Waals surface area (Å²) in [6, 6.07) is 13.6. The highest BCUT2D eigenvalue weighted by Crippen LogP contribution is 2.43. The highest BCUT2D eigenvalue weighted by atomic mass is 32.1. The van der Waals surface area contributed by atoms with Gasteiger partial charge in [0.15, 0.2) is 0 Å². The van der Waals surface area contributed by atoms with E-state index in [0.29, 0.717) is 11.3 Å². The van der Waals surface area contributed by atoms with Gasteiger partial charge < -0.3 is 5.11 Å². The van der Waals surface area contributed by atoms with Gasteiger partial charge in [0.1, 0.15) is 17.6 Å². The maximum Gasteiger partial charge on any atom is 0.300 e. The van der Waals surface area contributed by atoms with Gasteiger partial charge in [0.05, 0.1) is 5.57 Å². The van der Waals surface area contributed by atoms with Crippen molar-refractivity contribution in [1.82, 2.24) is 0 Å². The Balaban J connectivity index is 1.92. The average molecular weight is 407 g/mol. The maximum atomic E-state index is 13.4. The summed E-state index contributed by atoms with van der Waals surface area (Å²) in [6.45, 7) is 3.87. The summed E-state index contributed by atoms with van der Waals surface area (Å²) in [5, 5.41) is 12.9. The SMILES string of the molecule is Cc1ccc(/C(O)=C2/C(=O)C(=O)N(c3ccc(F)cc3)C2c2cccs2)cc1C. The highest BCUT2D eigenvalue weighted by molar-refractivity contribution is 7.10. The molecule has 0 saturated carbocycles. The van der Waals surface area contributed by atoms with Crippen LogP contribution in [0.25, 0.3) is 5.76 Å². The molecule has 1 aromatic heterocycles. The predicted molar refractivity (Wildman–Crippen MR) is 111 cm³/mol. The number of rotatable bonds is 3. The minimum Gasteiger partial charge on any atom is -0.507 e. The number of hydrogen-bond donors (Lipinski definition) is 1. The Morgan fingerprint density at radius 3 is 2.38 bits per heavy atom. The van der Waals surface area contributed by atoms with Gasteiger partial charge in [0.25, 0.3) is 11.7 Å². The predicted octanol–water partition coefficient (Wildman–Crippen LogP) is 5.13. The zero-order valence-corrected chi connectivity index (χ0v) is 16.7. The van der Waals surface area contributed by atoms with Gasteiger partial charge in [-0.1, -0.05) is 18.2 Å². The molecule has 0 aliphatic carbocycles. The van der Waals surface area contributed by atoms with E-state index >= 15 is 0 Å². The molecule has 4 rings (SSSR count). The fraction of sp³-hybridized carbons (Fsp3) is 0.130. The molecule has 0 radical (unpaired) electrons. The third-order valence-corrected chi connectivity index (χ3v) is 6.07. The third kappa shape index (κ3) is 3.25. The Hall–Kier alpha value is -3.25. The van der Waals surface area contributed by atoms with Crippen molar-refractivity contribution in [1.29, 1.82) is 0 Å². The molecular formula is C23H18FNO3S. The third-order valence-electron chi connectivity index (χ3n) is 5.14. The number of benzene rings is 2. The van der Waals surface area contributed by atoms with Crippen molar-refractivity contribution >= 4 is 34.5 Å². The maximum absolute atomic E-state index is 13.4. The van der Waals surface area contributed by atoms with Crippen LogP contribution in [0, 0.1) is 19.7 Å². The van der Waals surface area contributed by atoms with Crippen LogP contribution in [-0.4, -0.2) is 16.8 Å². The Morgan fingerprint density at radius 1 is 1.03 bits per heavy atom. The fourth-order valence-corrected chi connectivity index (χ4v) is 4.28. The lowest BCUT2D eigenvalue weighted by atomic mass is 9.97. The number of carbonyl (C=O) groups is 2. The molecule has 1 fully saturated rings. The van der Waals surface area contributed by atoms with Gasteiger partial charge in [0, 0.05) is 16.1 Å². The normalized spacial score (nSPS) is 18.4. The summed E-state index contributed by atoms with van der Waals surface area (Å²) in [7, 11) is 0. The molecule has 0 spiro atoms. The number of halogens is 1. The van der Waals surface area contributed by atoms with E-state index in [1.165, 1.54) is 40.5 Å². The molecule has 1 aliphatic rings. The fourth-order valence-electron chi connectivity index (χ4n) is 3.46. The lowest BCUT2D eigenvalue weighted by molar-refractivity contribution is -0.132. The van der Waals surface area contributed by atoms with E-state index in [-0.39, 0.29) is 11.3 Å². The Morgan fingerprint density at radius 2 is 1.76 bits per heavy atom. The van der Waals surface area contributed by atoms with Crippen LogP contribution in [0.4, 0.5) is 10.1 Å². The first-order valence-electron chi connectivity index (χ1n) is 9.06. The molecule has 4 nitrogen and oxygen atoms in total. The number of aryl methyl sites for hydroxylation is 2. The van der Waals surface area contributed by atoms with E-state index in [2.05, 4.69) is 0 Å². The van der Waals surface area contributed by atoms with Crippen molar-refractivity contribution in [2.24, 2.45) is 0 Å². The second kappa shape index (κ2) is 7.29. The minimum atomic E-state index is -0.776. The van der Waals surface area contributed by atoms with E-state index in [9.17, 15) is 19.1 Å². The number of amides is 1. The molecule has 1 amide bonds. The minimum absolute atomic E-state index is 0.0324. The van der Waals surface area contributed by atoms with Crippen LogP contribution < -0.4 is 4.90 Å². The molecule has 6 heteroatoms. The number of anilines is 1. The molecule has 2 aromatic carbocycles. The molecule has 2 heterocycles. The zero-order chi connectivity index (χ0) is 20.7. The van der Waals surface area contributed by atoms with E-state index in [0.717, 1.165) is 16.0 Å². The number of ketones is 1. The van der Waals surface area contributed by atoms with Gasteiger partial charge in [0.2, 0.25) is 0 Å². The van der Waals surface area contributed by atoms with E-state index in [1.54, 1.807) is 12.1 Å². The first-order chi connectivity index (χ1) is 13.9. The number of thiophene rings is 1. The second-order valence-corrected chi connectivity index (χ2v) is 7.94. The van der Waals surface area contributed by atoms with E-state index in [1.807, 2.05) is 37.4 Å². The van der Waals surface area contributed by atoms with Crippen LogP contribution in [0.1, 0.15) is 27.6 Å². The van der Waals surface area contributed by atoms with Crippen molar-refractivity contribution in [3.63, 3.8) is 0 Å².